The fraction of sp³-hybridized carbons (Fsp3) is 0.409. The second-order valence-corrected chi connectivity index (χ2v) is 9.68. The lowest BCUT2D eigenvalue weighted by molar-refractivity contribution is 0.1000. The first-order valence-corrected chi connectivity index (χ1v) is 11.9. The average molecular weight is 443 g/mol. The molecule has 0 aliphatic carbocycles. The van der Waals surface area contributed by atoms with Gasteiger partial charge in [0, 0.05) is 36.0 Å². The number of carbonyl (C=O) groups excluding carboxylic acids is 1. The monoisotopic (exact) mass is 442 g/mol. The molecule has 1 aliphatic heterocycles. The van der Waals surface area contributed by atoms with E-state index in [1.165, 1.54) is 12.8 Å². The van der Waals surface area contributed by atoms with Gasteiger partial charge in [0.05, 0.1) is 27.4 Å². The summed E-state index contributed by atoms with van der Waals surface area (Å²) in [6, 6.07) is 5.33. The molecule has 1 amide bonds. The van der Waals surface area contributed by atoms with Crippen molar-refractivity contribution in [3.05, 3.63) is 45.4 Å². The third kappa shape index (κ3) is 4.49. The predicted octanol–water partition coefficient (Wildman–Crippen LogP) is 4.65. The first-order valence-electron chi connectivity index (χ1n) is 10.2. The zero-order chi connectivity index (χ0) is 21.3. The van der Waals surface area contributed by atoms with Crippen LogP contribution in [0.4, 0.5) is 5.13 Å². The van der Waals surface area contributed by atoms with Crippen molar-refractivity contribution in [1.29, 1.82) is 0 Å². The Bertz CT molecular complexity index is 1050. The van der Waals surface area contributed by atoms with E-state index in [-0.39, 0.29) is 6.10 Å². The van der Waals surface area contributed by atoms with Crippen molar-refractivity contribution in [3.8, 4) is 16.3 Å². The molecule has 3 aromatic rings. The standard InChI is InChI=1S/C22H26N4O2S2/c1-13(2)28-18-7-6-15(21(23)27)10-16(18)11-19-25-17(12-29-19)20-14(3)24-22(30-20)26-8-4-5-9-26/h6-7,10,12-13H,4-5,8-9,11H2,1-3H3,(H2,23,27). The molecule has 1 aromatic carbocycles. The number of thiazole rings is 2. The maximum absolute atomic E-state index is 11.6. The van der Waals surface area contributed by atoms with Crippen LogP contribution in [0.15, 0.2) is 23.6 Å². The minimum Gasteiger partial charge on any atom is -0.491 e. The van der Waals surface area contributed by atoms with Gasteiger partial charge in [-0.25, -0.2) is 9.97 Å². The van der Waals surface area contributed by atoms with Gasteiger partial charge in [-0.2, -0.15) is 0 Å². The van der Waals surface area contributed by atoms with Gasteiger partial charge in [0.25, 0.3) is 0 Å². The van der Waals surface area contributed by atoms with Crippen molar-refractivity contribution in [1.82, 2.24) is 9.97 Å². The van der Waals surface area contributed by atoms with Gasteiger partial charge >= 0.3 is 0 Å². The fourth-order valence-electron chi connectivity index (χ4n) is 3.56. The Kier molecular flexibility index (Phi) is 6.06. The van der Waals surface area contributed by atoms with Crippen LogP contribution in [0.1, 0.15) is 53.3 Å². The highest BCUT2D eigenvalue weighted by atomic mass is 32.1. The first-order chi connectivity index (χ1) is 14.4. The average Bonchev–Trinajstić information content (AvgIpc) is 3.43. The van der Waals surface area contributed by atoms with E-state index >= 15 is 0 Å². The smallest absolute Gasteiger partial charge is 0.248 e. The number of aromatic nitrogens is 2. The van der Waals surface area contributed by atoms with Crippen LogP contribution in [-0.2, 0) is 6.42 Å². The Hall–Kier alpha value is -2.45. The van der Waals surface area contributed by atoms with Crippen LogP contribution in [0.25, 0.3) is 10.6 Å². The molecular formula is C22H26N4O2S2. The third-order valence-corrected chi connectivity index (χ3v) is 7.09. The summed E-state index contributed by atoms with van der Waals surface area (Å²) in [5, 5.41) is 4.15. The molecule has 4 rings (SSSR count). The molecule has 30 heavy (non-hydrogen) atoms. The largest absolute Gasteiger partial charge is 0.491 e. The summed E-state index contributed by atoms with van der Waals surface area (Å²) in [5.74, 6) is 0.318. The van der Waals surface area contributed by atoms with E-state index in [1.54, 1.807) is 28.7 Å². The highest BCUT2D eigenvalue weighted by Crippen LogP contribution is 2.37. The van der Waals surface area contributed by atoms with Crippen molar-refractivity contribution in [3.63, 3.8) is 0 Å². The molecule has 2 N–H and O–H groups in total. The third-order valence-electron chi connectivity index (χ3n) is 5.00. The first kappa shape index (κ1) is 20.8. The van der Waals surface area contributed by atoms with Crippen LogP contribution < -0.4 is 15.4 Å². The summed E-state index contributed by atoms with van der Waals surface area (Å²) >= 11 is 3.33. The van der Waals surface area contributed by atoms with Crippen LogP contribution in [-0.4, -0.2) is 35.1 Å². The number of ether oxygens (including phenoxy) is 1. The minimum atomic E-state index is -0.443. The number of benzene rings is 1. The van der Waals surface area contributed by atoms with E-state index < -0.39 is 5.91 Å². The second kappa shape index (κ2) is 8.73. The van der Waals surface area contributed by atoms with Crippen LogP contribution in [0.2, 0.25) is 0 Å². The Balaban J connectivity index is 1.59. The van der Waals surface area contributed by atoms with E-state index in [1.807, 2.05) is 26.0 Å². The number of hydrogen-bond donors (Lipinski definition) is 1. The summed E-state index contributed by atoms with van der Waals surface area (Å²) in [6.07, 6.45) is 3.10. The van der Waals surface area contributed by atoms with Gasteiger partial charge in [-0.3, -0.25) is 4.79 Å². The number of amides is 1. The molecule has 0 atom stereocenters. The molecule has 0 bridgehead atoms. The Morgan fingerprint density at radius 3 is 2.73 bits per heavy atom. The van der Waals surface area contributed by atoms with E-state index in [9.17, 15) is 4.79 Å². The number of hydrogen-bond acceptors (Lipinski definition) is 7. The number of aryl methyl sites for hydroxylation is 1. The van der Waals surface area contributed by atoms with Crippen molar-refractivity contribution < 1.29 is 9.53 Å². The van der Waals surface area contributed by atoms with Crippen molar-refractivity contribution in [2.24, 2.45) is 5.73 Å². The summed E-state index contributed by atoms with van der Waals surface area (Å²) in [5.41, 5.74) is 8.86. The highest BCUT2D eigenvalue weighted by Gasteiger charge is 2.20. The molecule has 0 saturated carbocycles. The number of primary amides is 1. The maximum Gasteiger partial charge on any atom is 0.248 e. The normalized spacial score (nSPS) is 13.9. The van der Waals surface area contributed by atoms with Crippen molar-refractivity contribution >= 4 is 33.7 Å². The fourth-order valence-corrected chi connectivity index (χ4v) is 5.52. The molecule has 1 saturated heterocycles. The van der Waals surface area contributed by atoms with E-state index in [4.69, 9.17) is 20.4 Å². The molecule has 8 heteroatoms. The molecule has 1 fully saturated rings. The SMILES string of the molecule is Cc1nc(N2CCCC2)sc1-c1csc(Cc2cc(C(N)=O)ccc2OC(C)C)n1. The van der Waals surface area contributed by atoms with Crippen LogP contribution >= 0.6 is 22.7 Å². The van der Waals surface area contributed by atoms with E-state index in [0.717, 1.165) is 50.8 Å². The van der Waals surface area contributed by atoms with Gasteiger partial charge in [-0.05, 0) is 51.8 Å². The number of anilines is 1. The molecule has 0 radical (unpaired) electrons. The lowest BCUT2D eigenvalue weighted by Crippen LogP contribution is -2.17. The summed E-state index contributed by atoms with van der Waals surface area (Å²) in [6.45, 7) is 8.19. The molecule has 2 aromatic heterocycles. The second-order valence-electron chi connectivity index (χ2n) is 7.76. The van der Waals surface area contributed by atoms with Crippen molar-refractivity contribution in [2.75, 3.05) is 18.0 Å². The van der Waals surface area contributed by atoms with Crippen LogP contribution in [0, 0.1) is 6.92 Å². The Morgan fingerprint density at radius 2 is 2.03 bits per heavy atom. The van der Waals surface area contributed by atoms with Crippen LogP contribution in [0.5, 0.6) is 5.75 Å². The molecule has 0 spiro atoms. The molecular weight excluding hydrogens is 416 g/mol. The lowest BCUT2D eigenvalue weighted by atomic mass is 10.1. The zero-order valence-electron chi connectivity index (χ0n) is 17.5. The lowest BCUT2D eigenvalue weighted by Gasteiger charge is -2.14. The van der Waals surface area contributed by atoms with Gasteiger partial charge < -0.3 is 15.4 Å². The van der Waals surface area contributed by atoms with Gasteiger partial charge in [0.2, 0.25) is 5.91 Å². The van der Waals surface area contributed by atoms with E-state index in [2.05, 4.69) is 17.2 Å². The topological polar surface area (TPSA) is 81.3 Å². The number of carbonyl (C=O) groups is 1. The number of nitrogens with zero attached hydrogens (tertiary/aromatic N) is 3. The molecule has 6 nitrogen and oxygen atoms in total. The zero-order valence-corrected chi connectivity index (χ0v) is 19.1. The highest BCUT2D eigenvalue weighted by molar-refractivity contribution is 7.19. The minimum absolute atomic E-state index is 0.0406. The summed E-state index contributed by atoms with van der Waals surface area (Å²) < 4.78 is 5.93. The van der Waals surface area contributed by atoms with Crippen LogP contribution in [0.3, 0.4) is 0 Å². The van der Waals surface area contributed by atoms with Gasteiger partial charge in [-0.1, -0.05) is 11.3 Å². The molecule has 1 aliphatic rings. The molecule has 3 heterocycles. The summed E-state index contributed by atoms with van der Waals surface area (Å²) in [4.78, 5) is 24.8. The number of rotatable bonds is 7. The van der Waals surface area contributed by atoms with Gasteiger partial charge in [0.1, 0.15) is 5.75 Å². The number of nitrogens with two attached hydrogens (primary N) is 1. The quantitative estimate of drug-likeness (QED) is 0.576. The van der Waals surface area contributed by atoms with Gasteiger partial charge in [0.15, 0.2) is 5.13 Å². The van der Waals surface area contributed by atoms with Gasteiger partial charge in [-0.15, -0.1) is 11.3 Å². The molecule has 158 valence electrons. The van der Waals surface area contributed by atoms with Crippen molar-refractivity contribution in [2.45, 2.75) is 46.1 Å². The Morgan fingerprint density at radius 1 is 1.27 bits per heavy atom. The maximum atomic E-state index is 11.6. The van der Waals surface area contributed by atoms with E-state index in [0.29, 0.717) is 12.0 Å². The predicted molar refractivity (Wildman–Crippen MR) is 123 cm³/mol. The Labute approximate surface area is 184 Å². The molecule has 0 unspecified atom stereocenters. The summed E-state index contributed by atoms with van der Waals surface area (Å²) in [7, 11) is 0.